The second kappa shape index (κ2) is 6.72. The minimum absolute atomic E-state index is 0.491. The van der Waals surface area contributed by atoms with Crippen molar-refractivity contribution < 1.29 is 4.74 Å². The molecular formula is C19H31NO. The SMILES string of the molecule is CC(C)COc1ccccc1NC1CCC(C)(C)CC1C. The number of hydrogen-bond acceptors (Lipinski definition) is 2. The average molecular weight is 289 g/mol. The molecule has 1 aromatic carbocycles. The Labute approximate surface area is 130 Å². The number of nitrogens with one attached hydrogen (secondary N) is 1. The molecule has 1 saturated carbocycles. The molecule has 118 valence electrons. The van der Waals surface area contributed by atoms with Gasteiger partial charge >= 0.3 is 0 Å². The highest BCUT2D eigenvalue weighted by Gasteiger charge is 2.32. The van der Waals surface area contributed by atoms with Gasteiger partial charge in [0.05, 0.1) is 12.3 Å². The first-order chi connectivity index (χ1) is 9.87. The Morgan fingerprint density at radius 2 is 2.00 bits per heavy atom. The summed E-state index contributed by atoms with van der Waals surface area (Å²) in [5.41, 5.74) is 1.64. The van der Waals surface area contributed by atoms with E-state index in [4.69, 9.17) is 4.74 Å². The van der Waals surface area contributed by atoms with Gasteiger partial charge in [0.25, 0.3) is 0 Å². The van der Waals surface area contributed by atoms with Crippen LogP contribution in [-0.4, -0.2) is 12.6 Å². The zero-order valence-electron chi connectivity index (χ0n) is 14.3. The van der Waals surface area contributed by atoms with Crippen LogP contribution < -0.4 is 10.1 Å². The number of rotatable bonds is 5. The van der Waals surface area contributed by atoms with Gasteiger partial charge in [-0.05, 0) is 48.6 Å². The maximum atomic E-state index is 5.95. The second-order valence-corrected chi connectivity index (χ2v) is 7.84. The molecule has 0 saturated heterocycles. The lowest BCUT2D eigenvalue weighted by atomic mass is 9.70. The summed E-state index contributed by atoms with van der Waals surface area (Å²) in [5, 5.41) is 3.74. The molecule has 1 aliphatic carbocycles. The summed E-state index contributed by atoms with van der Waals surface area (Å²) in [4.78, 5) is 0. The fourth-order valence-electron chi connectivity index (χ4n) is 3.33. The molecule has 2 rings (SSSR count). The highest BCUT2D eigenvalue weighted by molar-refractivity contribution is 5.56. The Balaban J connectivity index is 2.02. The van der Waals surface area contributed by atoms with E-state index < -0.39 is 0 Å². The van der Waals surface area contributed by atoms with Crippen molar-refractivity contribution in [3.05, 3.63) is 24.3 Å². The number of para-hydroxylation sites is 2. The number of benzene rings is 1. The molecule has 2 unspecified atom stereocenters. The summed E-state index contributed by atoms with van der Waals surface area (Å²) in [6.07, 6.45) is 3.83. The lowest BCUT2D eigenvalue weighted by Gasteiger charge is -2.40. The summed E-state index contributed by atoms with van der Waals surface area (Å²) in [7, 11) is 0. The predicted molar refractivity (Wildman–Crippen MR) is 91.0 cm³/mol. The second-order valence-electron chi connectivity index (χ2n) is 7.84. The molecule has 1 aliphatic rings. The third kappa shape index (κ3) is 4.66. The van der Waals surface area contributed by atoms with E-state index in [2.05, 4.69) is 58.1 Å². The highest BCUT2D eigenvalue weighted by atomic mass is 16.5. The Morgan fingerprint density at radius 1 is 1.29 bits per heavy atom. The molecule has 0 aromatic heterocycles. The smallest absolute Gasteiger partial charge is 0.142 e. The van der Waals surface area contributed by atoms with Crippen LogP contribution >= 0.6 is 0 Å². The predicted octanol–water partition coefficient (Wildman–Crippen LogP) is 5.35. The third-order valence-electron chi connectivity index (χ3n) is 4.49. The molecule has 0 radical (unpaired) electrons. The summed E-state index contributed by atoms with van der Waals surface area (Å²) in [6.45, 7) is 12.3. The monoisotopic (exact) mass is 289 g/mol. The van der Waals surface area contributed by atoms with Crippen LogP contribution in [0.1, 0.15) is 53.9 Å². The molecule has 21 heavy (non-hydrogen) atoms. The van der Waals surface area contributed by atoms with E-state index >= 15 is 0 Å². The number of hydrogen-bond donors (Lipinski definition) is 1. The minimum Gasteiger partial charge on any atom is -0.491 e. The van der Waals surface area contributed by atoms with Crippen LogP contribution in [0.15, 0.2) is 24.3 Å². The van der Waals surface area contributed by atoms with Crippen LogP contribution in [0.5, 0.6) is 5.75 Å². The topological polar surface area (TPSA) is 21.3 Å². The number of ether oxygens (including phenoxy) is 1. The van der Waals surface area contributed by atoms with Gasteiger partial charge in [0.15, 0.2) is 0 Å². The lowest BCUT2D eigenvalue weighted by molar-refractivity contribution is 0.176. The fraction of sp³-hybridized carbons (Fsp3) is 0.684. The standard InChI is InChI=1S/C19H31NO/c1-14(2)13-21-18-9-7-6-8-17(18)20-16-10-11-19(4,5)12-15(16)3/h6-9,14-16,20H,10-13H2,1-5H3. The Morgan fingerprint density at radius 3 is 2.67 bits per heavy atom. The minimum atomic E-state index is 0.491. The van der Waals surface area contributed by atoms with E-state index in [-0.39, 0.29) is 0 Å². The molecule has 0 bridgehead atoms. The Kier molecular flexibility index (Phi) is 5.18. The first-order valence-electron chi connectivity index (χ1n) is 8.36. The normalized spacial score (nSPS) is 24.9. The quantitative estimate of drug-likeness (QED) is 0.789. The first kappa shape index (κ1) is 16.2. The molecule has 2 nitrogen and oxygen atoms in total. The third-order valence-corrected chi connectivity index (χ3v) is 4.49. The van der Waals surface area contributed by atoms with Crippen molar-refractivity contribution in [1.29, 1.82) is 0 Å². The molecule has 1 N–H and O–H groups in total. The first-order valence-corrected chi connectivity index (χ1v) is 8.36. The summed E-state index contributed by atoms with van der Waals surface area (Å²) < 4.78 is 5.95. The lowest BCUT2D eigenvalue weighted by Crippen LogP contribution is -2.37. The van der Waals surface area contributed by atoms with Crippen molar-refractivity contribution in [3.63, 3.8) is 0 Å². The van der Waals surface area contributed by atoms with Crippen molar-refractivity contribution in [2.24, 2.45) is 17.3 Å². The molecular weight excluding hydrogens is 258 g/mol. The zero-order valence-corrected chi connectivity index (χ0v) is 14.3. The molecule has 0 aliphatic heterocycles. The van der Waals surface area contributed by atoms with Crippen LogP contribution in [0.25, 0.3) is 0 Å². The summed E-state index contributed by atoms with van der Waals surface area (Å²) in [6, 6.07) is 8.90. The molecule has 1 aromatic rings. The molecule has 2 atom stereocenters. The number of anilines is 1. The molecule has 0 amide bonds. The van der Waals surface area contributed by atoms with E-state index in [1.807, 2.05) is 6.07 Å². The molecule has 0 spiro atoms. The van der Waals surface area contributed by atoms with Crippen molar-refractivity contribution in [2.75, 3.05) is 11.9 Å². The largest absolute Gasteiger partial charge is 0.491 e. The Hall–Kier alpha value is -1.18. The van der Waals surface area contributed by atoms with E-state index in [9.17, 15) is 0 Å². The van der Waals surface area contributed by atoms with Crippen LogP contribution in [0.4, 0.5) is 5.69 Å². The van der Waals surface area contributed by atoms with Gasteiger partial charge in [-0.1, -0.05) is 46.8 Å². The van der Waals surface area contributed by atoms with E-state index in [1.165, 1.54) is 19.3 Å². The van der Waals surface area contributed by atoms with Gasteiger partial charge in [0, 0.05) is 6.04 Å². The van der Waals surface area contributed by atoms with E-state index in [0.717, 1.165) is 18.0 Å². The molecule has 1 fully saturated rings. The Bertz CT molecular complexity index is 453. The van der Waals surface area contributed by atoms with Gasteiger partial charge < -0.3 is 10.1 Å². The van der Waals surface area contributed by atoms with Crippen molar-refractivity contribution in [3.8, 4) is 5.75 Å². The summed E-state index contributed by atoms with van der Waals surface area (Å²) >= 11 is 0. The van der Waals surface area contributed by atoms with Gasteiger partial charge in [-0.2, -0.15) is 0 Å². The fourth-order valence-corrected chi connectivity index (χ4v) is 3.33. The van der Waals surface area contributed by atoms with Crippen molar-refractivity contribution in [1.82, 2.24) is 0 Å². The maximum Gasteiger partial charge on any atom is 0.142 e. The van der Waals surface area contributed by atoms with Crippen LogP contribution in [0, 0.1) is 17.3 Å². The van der Waals surface area contributed by atoms with Gasteiger partial charge in [-0.3, -0.25) is 0 Å². The molecule has 2 heteroatoms. The van der Waals surface area contributed by atoms with Gasteiger partial charge in [0.2, 0.25) is 0 Å². The summed E-state index contributed by atoms with van der Waals surface area (Å²) in [5.74, 6) is 2.24. The van der Waals surface area contributed by atoms with E-state index in [1.54, 1.807) is 0 Å². The van der Waals surface area contributed by atoms with Gasteiger partial charge in [-0.15, -0.1) is 0 Å². The van der Waals surface area contributed by atoms with E-state index in [0.29, 0.717) is 23.3 Å². The van der Waals surface area contributed by atoms with Gasteiger partial charge in [0.1, 0.15) is 5.75 Å². The van der Waals surface area contributed by atoms with Crippen molar-refractivity contribution in [2.45, 2.75) is 59.9 Å². The average Bonchev–Trinajstić information content (AvgIpc) is 2.40. The van der Waals surface area contributed by atoms with Crippen LogP contribution in [-0.2, 0) is 0 Å². The van der Waals surface area contributed by atoms with Crippen LogP contribution in [0.2, 0.25) is 0 Å². The van der Waals surface area contributed by atoms with Crippen LogP contribution in [0.3, 0.4) is 0 Å². The zero-order chi connectivity index (χ0) is 15.5. The molecule has 0 heterocycles. The van der Waals surface area contributed by atoms with Gasteiger partial charge in [-0.25, -0.2) is 0 Å². The highest BCUT2D eigenvalue weighted by Crippen LogP contribution is 2.40. The van der Waals surface area contributed by atoms with Crippen molar-refractivity contribution >= 4 is 5.69 Å². The maximum absolute atomic E-state index is 5.95.